The number of hydrogen-bond acceptors (Lipinski definition) is 6. The maximum atomic E-state index is 12.8. The monoisotopic (exact) mass is 401 g/mol. The van der Waals surface area contributed by atoms with Gasteiger partial charge in [-0.15, -0.1) is 0 Å². The van der Waals surface area contributed by atoms with Crippen molar-refractivity contribution in [3.05, 3.63) is 35.4 Å². The molecule has 1 unspecified atom stereocenters. The second-order valence-corrected chi connectivity index (χ2v) is 7.36. The number of amides is 1. The molecule has 1 aromatic rings. The number of nitrogens with zero attached hydrogens (tertiary/aromatic N) is 1. The van der Waals surface area contributed by atoms with E-state index >= 15 is 0 Å². The zero-order chi connectivity index (χ0) is 20.2. The second kappa shape index (κ2) is 13.0. The Hall–Kier alpha value is -1.24. The lowest BCUT2D eigenvalue weighted by molar-refractivity contribution is -0.146. The Labute approximate surface area is 163 Å². The largest absolute Gasteiger partial charge is 0.450 e. The molecule has 8 heteroatoms. The lowest BCUT2D eigenvalue weighted by atomic mass is 10.1. The van der Waals surface area contributed by atoms with Crippen LogP contribution in [0.5, 0.6) is 0 Å². The SMILES string of the molecule is CCOC(=O)N(CC(OCC)OCC)C(c1ccccc1C)P(OC)OC. The number of hydrogen-bond donors (Lipinski definition) is 0. The van der Waals surface area contributed by atoms with Crippen molar-refractivity contribution >= 4 is 14.5 Å². The van der Waals surface area contributed by atoms with E-state index in [0.717, 1.165) is 11.1 Å². The van der Waals surface area contributed by atoms with Crippen molar-refractivity contribution in [3.8, 4) is 0 Å². The minimum atomic E-state index is -1.43. The normalized spacial score (nSPS) is 12.4. The van der Waals surface area contributed by atoms with Gasteiger partial charge in [-0.2, -0.15) is 0 Å². The molecule has 1 amide bonds. The van der Waals surface area contributed by atoms with Gasteiger partial charge in [0.25, 0.3) is 0 Å². The van der Waals surface area contributed by atoms with Crippen molar-refractivity contribution in [2.75, 3.05) is 40.6 Å². The summed E-state index contributed by atoms with van der Waals surface area (Å²) in [4.78, 5) is 14.4. The first kappa shape index (κ1) is 23.8. The smallest absolute Gasteiger partial charge is 0.410 e. The Morgan fingerprint density at radius 2 is 1.63 bits per heavy atom. The molecule has 27 heavy (non-hydrogen) atoms. The van der Waals surface area contributed by atoms with E-state index in [1.807, 2.05) is 45.0 Å². The van der Waals surface area contributed by atoms with Crippen LogP contribution in [0, 0.1) is 6.92 Å². The van der Waals surface area contributed by atoms with Gasteiger partial charge in [-0.05, 0) is 38.8 Å². The molecule has 0 aliphatic heterocycles. The molecule has 0 heterocycles. The highest BCUT2D eigenvalue weighted by atomic mass is 31.2. The second-order valence-electron chi connectivity index (χ2n) is 5.57. The predicted molar refractivity (Wildman–Crippen MR) is 106 cm³/mol. The van der Waals surface area contributed by atoms with E-state index in [-0.39, 0.29) is 13.2 Å². The first-order valence-corrected chi connectivity index (χ1v) is 10.4. The van der Waals surface area contributed by atoms with Gasteiger partial charge in [0.2, 0.25) is 0 Å². The van der Waals surface area contributed by atoms with E-state index in [9.17, 15) is 4.79 Å². The average Bonchev–Trinajstić information content (AvgIpc) is 2.66. The van der Waals surface area contributed by atoms with Gasteiger partial charge in [0.1, 0.15) is 5.78 Å². The summed E-state index contributed by atoms with van der Waals surface area (Å²) in [5.41, 5.74) is 1.97. The minimum Gasteiger partial charge on any atom is -0.450 e. The molecule has 0 aromatic heterocycles. The molecule has 0 aliphatic rings. The van der Waals surface area contributed by atoms with E-state index in [2.05, 4.69) is 0 Å². The summed E-state index contributed by atoms with van der Waals surface area (Å²) < 4.78 is 27.8. The molecule has 0 saturated heterocycles. The topological polar surface area (TPSA) is 66.5 Å². The Kier molecular flexibility index (Phi) is 11.5. The predicted octanol–water partition coefficient (Wildman–Crippen LogP) is 4.46. The molecule has 154 valence electrons. The Balaban J connectivity index is 3.35. The molecule has 0 bridgehead atoms. The van der Waals surface area contributed by atoms with E-state index in [4.69, 9.17) is 23.3 Å². The molecular formula is C19H32NO6P. The standard InChI is InChI=1S/C19H32NO6P/c1-7-24-17(25-8-2)14-20(19(21)26-9-3)18(27(22-5)23-6)16-13-11-10-12-15(16)4/h10-13,17-18H,7-9,14H2,1-6H3. The molecule has 1 aromatic carbocycles. The number of carbonyl (C=O) groups excluding carboxylic acids is 1. The van der Waals surface area contributed by atoms with Crippen LogP contribution in [-0.4, -0.2) is 57.9 Å². The van der Waals surface area contributed by atoms with Crippen LogP contribution < -0.4 is 0 Å². The van der Waals surface area contributed by atoms with Gasteiger partial charge < -0.3 is 23.3 Å². The van der Waals surface area contributed by atoms with Crippen LogP contribution in [0.25, 0.3) is 0 Å². The Morgan fingerprint density at radius 3 is 2.11 bits per heavy atom. The van der Waals surface area contributed by atoms with Crippen molar-refractivity contribution < 1.29 is 28.1 Å². The van der Waals surface area contributed by atoms with Gasteiger partial charge in [-0.25, -0.2) is 4.79 Å². The van der Waals surface area contributed by atoms with Crippen LogP contribution in [0.4, 0.5) is 4.79 Å². The maximum Gasteiger partial charge on any atom is 0.410 e. The van der Waals surface area contributed by atoms with Gasteiger partial charge >= 0.3 is 6.09 Å². The number of ether oxygens (including phenoxy) is 3. The molecule has 0 N–H and O–H groups in total. The first-order chi connectivity index (χ1) is 13.0. The molecule has 0 radical (unpaired) electrons. The highest BCUT2D eigenvalue weighted by molar-refractivity contribution is 7.47. The third-order valence-electron chi connectivity index (χ3n) is 3.87. The van der Waals surface area contributed by atoms with E-state index in [1.54, 1.807) is 26.0 Å². The fraction of sp³-hybridized carbons (Fsp3) is 0.632. The van der Waals surface area contributed by atoms with Gasteiger partial charge in [0.15, 0.2) is 14.7 Å². The fourth-order valence-electron chi connectivity index (χ4n) is 2.71. The fourth-order valence-corrected chi connectivity index (χ4v) is 4.19. The van der Waals surface area contributed by atoms with Crippen LogP contribution in [0.2, 0.25) is 0 Å². The van der Waals surface area contributed by atoms with Crippen molar-refractivity contribution in [1.29, 1.82) is 0 Å². The van der Waals surface area contributed by atoms with Crippen LogP contribution in [0.15, 0.2) is 24.3 Å². The van der Waals surface area contributed by atoms with Crippen LogP contribution >= 0.6 is 8.38 Å². The van der Waals surface area contributed by atoms with Crippen molar-refractivity contribution in [1.82, 2.24) is 4.90 Å². The number of rotatable bonds is 12. The third kappa shape index (κ3) is 7.01. The molecule has 0 saturated carbocycles. The number of benzene rings is 1. The van der Waals surface area contributed by atoms with E-state index in [0.29, 0.717) is 13.2 Å². The van der Waals surface area contributed by atoms with Gasteiger partial charge in [-0.3, -0.25) is 4.90 Å². The zero-order valence-corrected chi connectivity index (χ0v) is 18.0. The summed E-state index contributed by atoms with van der Waals surface area (Å²) in [6, 6.07) is 7.85. The first-order valence-electron chi connectivity index (χ1n) is 9.13. The average molecular weight is 401 g/mol. The van der Waals surface area contributed by atoms with Gasteiger partial charge in [0.05, 0.1) is 13.2 Å². The summed E-state index contributed by atoms with van der Waals surface area (Å²) in [6.07, 6.45) is -1.03. The quantitative estimate of drug-likeness (QED) is 0.381. The molecule has 0 spiro atoms. The van der Waals surface area contributed by atoms with Gasteiger partial charge in [0, 0.05) is 27.4 Å². The van der Waals surface area contributed by atoms with E-state index < -0.39 is 26.5 Å². The molecule has 1 rings (SSSR count). The summed E-state index contributed by atoms with van der Waals surface area (Å²) in [5, 5.41) is 0. The molecule has 0 fully saturated rings. The lowest BCUT2D eigenvalue weighted by Crippen LogP contribution is -2.42. The lowest BCUT2D eigenvalue weighted by Gasteiger charge is -2.36. The van der Waals surface area contributed by atoms with E-state index in [1.165, 1.54) is 0 Å². The number of carbonyl (C=O) groups is 1. The highest BCUT2D eigenvalue weighted by Crippen LogP contribution is 2.54. The highest BCUT2D eigenvalue weighted by Gasteiger charge is 2.37. The van der Waals surface area contributed by atoms with Gasteiger partial charge in [-0.1, -0.05) is 24.3 Å². The van der Waals surface area contributed by atoms with Crippen molar-refractivity contribution in [2.24, 2.45) is 0 Å². The summed E-state index contributed by atoms with van der Waals surface area (Å²) in [7, 11) is 1.72. The molecule has 1 atom stereocenters. The van der Waals surface area contributed by atoms with Crippen LogP contribution in [0.3, 0.4) is 0 Å². The van der Waals surface area contributed by atoms with Crippen LogP contribution in [0.1, 0.15) is 37.7 Å². The Bertz CT molecular complexity index is 549. The summed E-state index contributed by atoms with van der Waals surface area (Å²) in [5.74, 6) is -0.460. The summed E-state index contributed by atoms with van der Waals surface area (Å²) in [6.45, 7) is 8.95. The van der Waals surface area contributed by atoms with Crippen molar-refractivity contribution in [3.63, 3.8) is 0 Å². The van der Waals surface area contributed by atoms with Crippen LogP contribution in [-0.2, 0) is 23.3 Å². The third-order valence-corrected chi connectivity index (χ3v) is 5.55. The molecule has 7 nitrogen and oxygen atoms in total. The van der Waals surface area contributed by atoms with Crippen molar-refractivity contribution in [2.45, 2.75) is 39.8 Å². The molecular weight excluding hydrogens is 369 g/mol. The maximum absolute atomic E-state index is 12.8. The number of aryl methyl sites for hydroxylation is 1. The Morgan fingerprint density at radius 1 is 1.04 bits per heavy atom. The molecule has 0 aliphatic carbocycles. The minimum absolute atomic E-state index is 0.199. The summed E-state index contributed by atoms with van der Waals surface area (Å²) >= 11 is 0. The zero-order valence-electron chi connectivity index (χ0n) is 17.1.